The molecule has 0 saturated heterocycles. The third-order valence-corrected chi connectivity index (χ3v) is 4.89. The zero-order valence-electron chi connectivity index (χ0n) is 14.8. The van der Waals surface area contributed by atoms with Gasteiger partial charge in [0.15, 0.2) is 0 Å². The van der Waals surface area contributed by atoms with E-state index in [0.717, 1.165) is 10.7 Å². The molecule has 0 aliphatic rings. The topological polar surface area (TPSA) is 97.0 Å². The maximum atomic E-state index is 12.3. The van der Waals surface area contributed by atoms with Crippen LogP contribution in [-0.2, 0) is 6.54 Å². The van der Waals surface area contributed by atoms with Gasteiger partial charge < -0.3 is 14.7 Å². The lowest BCUT2D eigenvalue weighted by atomic mass is 10.2. The van der Waals surface area contributed by atoms with Crippen LogP contribution in [0.4, 0.5) is 4.79 Å². The average molecular weight is 372 g/mol. The first-order valence-electron chi connectivity index (χ1n) is 8.18. The Morgan fingerprint density at radius 2 is 2.23 bits per heavy atom. The van der Waals surface area contributed by atoms with Crippen LogP contribution in [0.15, 0.2) is 34.3 Å². The number of hydrogen-bond donors (Lipinski definition) is 1. The van der Waals surface area contributed by atoms with E-state index in [4.69, 9.17) is 4.52 Å². The van der Waals surface area contributed by atoms with Crippen molar-refractivity contribution in [2.75, 3.05) is 13.6 Å². The number of urea groups is 1. The van der Waals surface area contributed by atoms with Crippen LogP contribution in [0.3, 0.4) is 0 Å². The van der Waals surface area contributed by atoms with Crippen molar-refractivity contribution in [3.05, 3.63) is 46.4 Å². The number of carbonyl (C=O) groups excluding carboxylic acids is 1. The quantitative estimate of drug-likeness (QED) is 0.715. The number of nitrogens with zero attached hydrogens (tertiary/aromatic N) is 5. The molecule has 3 heterocycles. The molecule has 9 heteroatoms. The summed E-state index contributed by atoms with van der Waals surface area (Å²) >= 11 is 1.61. The Morgan fingerprint density at radius 1 is 1.38 bits per heavy atom. The van der Waals surface area contributed by atoms with Crippen molar-refractivity contribution in [1.82, 2.24) is 30.3 Å². The highest BCUT2D eigenvalue weighted by molar-refractivity contribution is 7.09. The summed E-state index contributed by atoms with van der Waals surface area (Å²) in [7, 11) is 1.68. The molecule has 1 atom stereocenters. The van der Waals surface area contributed by atoms with Gasteiger partial charge in [0.25, 0.3) is 0 Å². The van der Waals surface area contributed by atoms with Crippen molar-refractivity contribution in [2.45, 2.75) is 26.3 Å². The Kier molecular flexibility index (Phi) is 5.57. The predicted octanol–water partition coefficient (Wildman–Crippen LogP) is 2.84. The largest absolute Gasteiger partial charge is 0.337 e. The van der Waals surface area contributed by atoms with Gasteiger partial charge in [-0.25, -0.2) is 9.78 Å². The summed E-state index contributed by atoms with van der Waals surface area (Å²) in [4.78, 5) is 26.7. The minimum Gasteiger partial charge on any atom is -0.337 e. The maximum absolute atomic E-state index is 12.3. The number of carbonyl (C=O) groups is 1. The van der Waals surface area contributed by atoms with E-state index in [9.17, 15) is 4.79 Å². The molecular weight excluding hydrogens is 352 g/mol. The molecule has 0 aliphatic carbocycles. The highest BCUT2D eigenvalue weighted by Crippen LogP contribution is 2.19. The van der Waals surface area contributed by atoms with Crippen LogP contribution < -0.4 is 5.32 Å². The van der Waals surface area contributed by atoms with Gasteiger partial charge in [-0.15, -0.1) is 11.3 Å². The van der Waals surface area contributed by atoms with Crippen molar-refractivity contribution in [2.24, 2.45) is 0 Å². The Morgan fingerprint density at radius 3 is 2.92 bits per heavy atom. The van der Waals surface area contributed by atoms with Crippen LogP contribution in [0.2, 0.25) is 0 Å². The second kappa shape index (κ2) is 8.05. The van der Waals surface area contributed by atoms with Crippen LogP contribution in [-0.4, -0.2) is 44.6 Å². The molecule has 3 aromatic heterocycles. The summed E-state index contributed by atoms with van der Waals surface area (Å²) < 4.78 is 5.21. The van der Waals surface area contributed by atoms with Crippen molar-refractivity contribution in [3.63, 3.8) is 0 Å². The fraction of sp³-hybridized carbons (Fsp3) is 0.353. The second-order valence-corrected chi connectivity index (χ2v) is 6.89. The van der Waals surface area contributed by atoms with Crippen LogP contribution >= 0.6 is 11.3 Å². The Balaban J connectivity index is 1.52. The van der Waals surface area contributed by atoms with Gasteiger partial charge in [-0.2, -0.15) is 4.98 Å². The number of hydrogen-bond acceptors (Lipinski definition) is 7. The molecule has 26 heavy (non-hydrogen) atoms. The third-order valence-electron chi connectivity index (χ3n) is 3.70. The monoisotopic (exact) mass is 372 g/mol. The molecular formula is C17H20N6O2S. The summed E-state index contributed by atoms with van der Waals surface area (Å²) in [5.41, 5.74) is 1.63. The van der Waals surface area contributed by atoms with E-state index in [0.29, 0.717) is 24.0 Å². The third kappa shape index (κ3) is 4.42. The average Bonchev–Trinajstić information content (AvgIpc) is 3.29. The van der Waals surface area contributed by atoms with Crippen LogP contribution in [0.1, 0.15) is 29.4 Å². The van der Waals surface area contributed by atoms with Gasteiger partial charge in [0, 0.05) is 36.8 Å². The fourth-order valence-electron chi connectivity index (χ4n) is 2.25. The minimum atomic E-state index is -0.206. The number of amides is 2. The summed E-state index contributed by atoms with van der Waals surface area (Å²) in [6.07, 6.45) is 1.66. The van der Waals surface area contributed by atoms with Crippen molar-refractivity contribution < 1.29 is 9.32 Å². The standard InChI is InChI=1S/C17H20N6O2S/c1-11(16-20-12(2)10-26-16)8-19-17(24)23(3)9-14-21-15(22-25-14)13-6-4-5-7-18-13/h4-7,10-11H,8-9H2,1-3H3,(H,19,24)/t11-/m1/s1. The number of pyridine rings is 1. The normalized spacial score (nSPS) is 12.0. The van der Waals surface area contributed by atoms with Gasteiger partial charge in [0.05, 0.1) is 5.01 Å². The van der Waals surface area contributed by atoms with E-state index in [-0.39, 0.29) is 18.5 Å². The fourth-order valence-corrected chi connectivity index (χ4v) is 3.11. The van der Waals surface area contributed by atoms with Crippen LogP contribution in [0.5, 0.6) is 0 Å². The molecule has 0 bridgehead atoms. The number of thiazole rings is 1. The molecule has 0 radical (unpaired) electrons. The maximum Gasteiger partial charge on any atom is 0.317 e. The Hall–Kier alpha value is -2.81. The summed E-state index contributed by atoms with van der Waals surface area (Å²) in [6.45, 7) is 4.73. The molecule has 0 spiro atoms. The number of aryl methyl sites for hydroxylation is 1. The van der Waals surface area contributed by atoms with E-state index in [1.54, 1.807) is 30.6 Å². The highest BCUT2D eigenvalue weighted by Gasteiger charge is 2.16. The Labute approximate surface area is 155 Å². The molecule has 0 saturated carbocycles. The summed E-state index contributed by atoms with van der Waals surface area (Å²) in [5.74, 6) is 0.916. The van der Waals surface area contributed by atoms with Gasteiger partial charge >= 0.3 is 6.03 Å². The van der Waals surface area contributed by atoms with Gasteiger partial charge in [-0.05, 0) is 19.1 Å². The molecule has 2 amide bonds. The first kappa shape index (κ1) is 18.0. The molecule has 8 nitrogen and oxygen atoms in total. The van der Waals surface area contributed by atoms with Crippen LogP contribution in [0, 0.1) is 6.92 Å². The zero-order valence-corrected chi connectivity index (χ0v) is 15.7. The first-order valence-corrected chi connectivity index (χ1v) is 9.06. The van der Waals surface area contributed by atoms with E-state index in [1.165, 1.54) is 4.90 Å². The molecule has 1 N–H and O–H groups in total. The van der Waals surface area contributed by atoms with E-state index in [1.807, 2.05) is 31.4 Å². The van der Waals surface area contributed by atoms with Crippen molar-refractivity contribution >= 4 is 17.4 Å². The lowest BCUT2D eigenvalue weighted by Crippen LogP contribution is -2.38. The highest BCUT2D eigenvalue weighted by atomic mass is 32.1. The molecule has 0 aliphatic heterocycles. The van der Waals surface area contributed by atoms with Crippen molar-refractivity contribution in [3.8, 4) is 11.5 Å². The second-order valence-electron chi connectivity index (χ2n) is 6.00. The minimum absolute atomic E-state index is 0.158. The lowest BCUT2D eigenvalue weighted by molar-refractivity contribution is 0.199. The smallest absolute Gasteiger partial charge is 0.317 e. The van der Waals surface area contributed by atoms with Gasteiger partial charge in [0.2, 0.25) is 11.7 Å². The molecule has 136 valence electrons. The van der Waals surface area contributed by atoms with Gasteiger partial charge in [-0.3, -0.25) is 4.98 Å². The first-order chi connectivity index (χ1) is 12.5. The van der Waals surface area contributed by atoms with Crippen LogP contribution in [0.25, 0.3) is 11.5 Å². The molecule has 0 unspecified atom stereocenters. The van der Waals surface area contributed by atoms with Crippen molar-refractivity contribution in [1.29, 1.82) is 0 Å². The molecule has 0 fully saturated rings. The summed E-state index contributed by atoms with van der Waals surface area (Å²) in [5, 5.41) is 9.83. The number of rotatable bonds is 6. The molecule has 0 aromatic carbocycles. The lowest BCUT2D eigenvalue weighted by Gasteiger charge is -2.17. The van der Waals surface area contributed by atoms with E-state index in [2.05, 4.69) is 25.4 Å². The SMILES string of the molecule is Cc1csc([C@H](C)CNC(=O)N(C)Cc2nc(-c3ccccn3)no2)n1. The van der Waals surface area contributed by atoms with Gasteiger partial charge in [0.1, 0.15) is 12.2 Å². The van der Waals surface area contributed by atoms with E-state index >= 15 is 0 Å². The zero-order chi connectivity index (χ0) is 18.5. The van der Waals surface area contributed by atoms with E-state index < -0.39 is 0 Å². The number of nitrogens with one attached hydrogen (secondary N) is 1. The molecule has 3 aromatic rings. The van der Waals surface area contributed by atoms with Gasteiger partial charge in [-0.1, -0.05) is 18.1 Å². The predicted molar refractivity (Wildman–Crippen MR) is 97.7 cm³/mol. The number of aromatic nitrogens is 4. The summed E-state index contributed by atoms with van der Waals surface area (Å²) in [6, 6.07) is 5.26. The molecule has 3 rings (SSSR count). The Bertz CT molecular complexity index is 863.